The second kappa shape index (κ2) is 6.61. The smallest absolute Gasteiger partial charge is 0.260 e. The van der Waals surface area contributed by atoms with Crippen molar-refractivity contribution < 1.29 is 9.53 Å². The topological polar surface area (TPSA) is 38.3 Å². The Morgan fingerprint density at radius 3 is 2.38 bits per heavy atom. The third-order valence-corrected chi connectivity index (χ3v) is 3.79. The standard InChI is InChI=1S/C18H23NO2/c1-12(2)13(3)19-18(20)14(4)21-17-11-7-9-15-8-5-6-10-16(15)17/h5-14H,1-4H3,(H,19,20)/t13-,14+/m1/s1. The number of carbonyl (C=O) groups excluding carboxylic acids is 1. The SMILES string of the molecule is CC(C)[C@@H](C)NC(=O)[C@H](C)Oc1cccc2ccccc12. The van der Waals surface area contributed by atoms with Crippen LogP contribution in [0, 0.1) is 5.92 Å². The van der Waals surface area contributed by atoms with Gasteiger partial charge in [-0.1, -0.05) is 50.2 Å². The first kappa shape index (κ1) is 15.4. The van der Waals surface area contributed by atoms with Crippen LogP contribution in [0.5, 0.6) is 5.75 Å². The molecule has 0 spiro atoms. The first-order valence-corrected chi connectivity index (χ1v) is 7.44. The molecule has 0 aliphatic heterocycles. The molecule has 0 bridgehead atoms. The molecule has 2 aromatic carbocycles. The number of carbonyl (C=O) groups is 1. The zero-order valence-corrected chi connectivity index (χ0v) is 13.1. The van der Waals surface area contributed by atoms with Crippen LogP contribution in [0.2, 0.25) is 0 Å². The van der Waals surface area contributed by atoms with E-state index in [-0.39, 0.29) is 11.9 Å². The van der Waals surface area contributed by atoms with Crippen LogP contribution >= 0.6 is 0 Å². The molecule has 2 aromatic rings. The van der Waals surface area contributed by atoms with Gasteiger partial charge in [0.2, 0.25) is 0 Å². The molecule has 2 atom stereocenters. The molecule has 0 aromatic heterocycles. The van der Waals surface area contributed by atoms with Crippen molar-refractivity contribution in [2.45, 2.75) is 39.8 Å². The van der Waals surface area contributed by atoms with Gasteiger partial charge in [0.15, 0.2) is 6.10 Å². The zero-order valence-electron chi connectivity index (χ0n) is 13.1. The van der Waals surface area contributed by atoms with Gasteiger partial charge in [0, 0.05) is 11.4 Å². The summed E-state index contributed by atoms with van der Waals surface area (Å²) in [6, 6.07) is 14.0. The van der Waals surface area contributed by atoms with Crippen molar-refractivity contribution in [3.63, 3.8) is 0 Å². The van der Waals surface area contributed by atoms with Gasteiger partial charge in [-0.15, -0.1) is 0 Å². The van der Waals surface area contributed by atoms with Gasteiger partial charge in [-0.3, -0.25) is 4.79 Å². The Hall–Kier alpha value is -2.03. The number of hydrogen-bond acceptors (Lipinski definition) is 2. The number of nitrogens with one attached hydrogen (secondary N) is 1. The van der Waals surface area contributed by atoms with E-state index in [9.17, 15) is 4.79 Å². The monoisotopic (exact) mass is 285 g/mol. The molecule has 0 radical (unpaired) electrons. The summed E-state index contributed by atoms with van der Waals surface area (Å²) in [4.78, 5) is 12.2. The molecule has 0 aliphatic carbocycles. The van der Waals surface area contributed by atoms with Crippen LogP contribution in [0.4, 0.5) is 0 Å². The van der Waals surface area contributed by atoms with Crippen molar-refractivity contribution in [3.05, 3.63) is 42.5 Å². The minimum Gasteiger partial charge on any atom is -0.480 e. The Balaban J connectivity index is 2.11. The first-order chi connectivity index (χ1) is 9.99. The lowest BCUT2D eigenvalue weighted by atomic mass is 10.1. The van der Waals surface area contributed by atoms with E-state index in [0.717, 1.165) is 16.5 Å². The number of ether oxygens (including phenoxy) is 1. The van der Waals surface area contributed by atoms with Gasteiger partial charge >= 0.3 is 0 Å². The molecule has 1 amide bonds. The summed E-state index contributed by atoms with van der Waals surface area (Å²) in [6.45, 7) is 7.96. The molecule has 21 heavy (non-hydrogen) atoms. The summed E-state index contributed by atoms with van der Waals surface area (Å²) in [6.07, 6.45) is -0.517. The fourth-order valence-electron chi connectivity index (χ4n) is 2.05. The highest BCUT2D eigenvalue weighted by Crippen LogP contribution is 2.26. The Labute approximate surface area is 126 Å². The number of hydrogen-bond donors (Lipinski definition) is 1. The van der Waals surface area contributed by atoms with E-state index in [1.807, 2.05) is 49.4 Å². The van der Waals surface area contributed by atoms with Gasteiger partial charge in [0.1, 0.15) is 5.75 Å². The minimum atomic E-state index is -0.517. The van der Waals surface area contributed by atoms with Crippen molar-refractivity contribution in [3.8, 4) is 5.75 Å². The van der Waals surface area contributed by atoms with Gasteiger partial charge < -0.3 is 10.1 Å². The van der Waals surface area contributed by atoms with Crippen LogP contribution < -0.4 is 10.1 Å². The molecule has 2 rings (SSSR count). The molecule has 0 aliphatic rings. The highest BCUT2D eigenvalue weighted by atomic mass is 16.5. The van der Waals surface area contributed by atoms with E-state index < -0.39 is 6.10 Å². The van der Waals surface area contributed by atoms with Crippen LogP contribution in [-0.2, 0) is 4.79 Å². The molecule has 0 heterocycles. The summed E-state index contributed by atoms with van der Waals surface area (Å²) in [7, 11) is 0. The summed E-state index contributed by atoms with van der Waals surface area (Å²) in [5.41, 5.74) is 0. The van der Waals surface area contributed by atoms with Crippen LogP contribution in [-0.4, -0.2) is 18.1 Å². The molecule has 0 saturated heterocycles. The Kier molecular flexibility index (Phi) is 4.84. The molecule has 0 saturated carbocycles. The molecule has 0 fully saturated rings. The largest absolute Gasteiger partial charge is 0.480 e. The Morgan fingerprint density at radius 2 is 1.67 bits per heavy atom. The van der Waals surface area contributed by atoms with Crippen molar-refractivity contribution in [1.82, 2.24) is 5.32 Å². The third kappa shape index (κ3) is 3.75. The van der Waals surface area contributed by atoms with Gasteiger partial charge in [-0.25, -0.2) is 0 Å². The Bertz CT molecular complexity index is 616. The average Bonchev–Trinajstić information content (AvgIpc) is 2.47. The maximum atomic E-state index is 12.2. The lowest BCUT2D eigenvalue weighted by Gasteiger charge is -2.21. The van der Waals surface area contributed by atoms with Crippen molar-refractivity contribution in [1.29, 1.82) is 0 Å². The number of fused-ring (bicyclic) bond motifs is 1. The van der Waals surface area contributed by atoms with Crippen molar-refractivity contribution in [2.24, 2.45) is 5.92 Å². The molecular weight excluding hydrogens is 262 g/mol. The molecule has 1 N–H and O–H groups in total. The summed E-state index contributed by atoms with van der Waals surface area (Å²) < 4.78 is 5.86. The van der Waals surface area contributed by atoms with E-state index in [1.54, 1.807) is 6.92 Å². The maximum absolute atomic E-state index is 12.2. The quantitative estimate of drug-likeness (QED) is 0.908. The minimum absolute atomic E-state index is 0.0795. The fraction of sp³-hybridized carbons (Fsp3) is 0.389. The van der Waals surface area contributed by atoms with Gasteiger partial charge in [-0.2, -0.15) is 0 Å². The summed E-state index contributed by atoms with van der Waals surface area (Å²) >= 11 is 0. The van der Waals surface area contributed by atoms with Gasteiger partial charge in [0.05, 0.1) is 0 Å². The van der Waals surface area contributed by atoms with E-state index >= 15 is 0 Å². The highest BCUT2D eigenvalue weighted by molar-refractivity contribution is 5.89. The summed E-state index contributed by atoms with van der Waals surface area (Å²) in [5.74, 6) is 1.07. The molecular formula is C18H23NO2. The third-order valence-electron chi connectivity index (χ3n) is 3.79. The van der Waals surface area contributed by atoms with Gasteiger partial charge in [0.25, 0.3) is 5.91 Å². The van der Waals surface area contributed by atoms with Crippen LogP contribution in [0.3, 0.4) is 0 Å². The summed E-state index contributed by atoms with van der Waals surface area (Å²) in [5, 5.41) is 5.12. The first-order valence-electron chi connectivity index (χ1n) is 7.44. The maximum Gasteiger partial charge on any atom is 0.260 e. The molecule has 3 heteroatoms. The van der Waals surface area contributed by atoms with Crippen LogP contribution in [0.25, 0.3) is 10.8 Å². The van der Waals surface area contributed by atoms with E-state index in [2.05, 4.69) is 19.2 Å². The number of rotatable bonds is 5. The van der Waals surface area contributed by atoms with Crippen molar-refractivity contribution >= 4 is 16.7 Å². The lowest BCUT2D eigenvalue weighted by Crippen LogP contribution is -2.43. The molecule has 112 valence electrons. The second-order valence-electron chi connectivity index (χ2n) is 5.78. The van der Waals surface area contributed by atoms with E-state index in [4.69, 9.17) is 4.74 Å². The molecule has 0 unspecified atom stereocenters. The van der Waals surface area contributed by atoms with E-state index in [1.165, 1.54) is 0 Å². The highest BCUT2D eigenvalue weighted by Gasteiger charge is 2.18. The Morgan fingerprint density at radius 1 is 1.00 bits per heavy atom. The lowest BCUT2D eigenvalue weighted by molar-refractivity contribution is -0.128. The second-order valence-corrected chi connectivity index (χ2v) is 5.78. The van der Waals surface area contributed by atoms with Crippen LogP contribution in [0.1, 0.15) is 27.7 Å². The van der Waals surface area contributed by atoms with Crippen LogP contribution in [0.15, 0.2) is 42.5 Å². The van der Waals surface area contributed by atoms with Gasteiger partial charge in [-0.05, 0) is 31.2 Å². The van der Waals surface area contributed by atoms with Crippen molar-refractivity contribution in [2.75, 3.05) is 0 Å². The predicted octanol–water partition coefficient (Wildman–Crippen LogP) is 3.77. The predicted molar refractivity (Wildman–Crippen MR) is 86.5 cm³/mol. The van der Waals surface area contributed by atoms with E-state index in [0.29, 0.717) is 5.92 Å². The number of amides is 1. The average molecular weight is 285 g/mol. The normalized spacial score (nSPS) is 14.0. The molecule has 3 nitrogen and oxygen atoms in total. The zero-order chi connectivity index (χ0) is 15.4. The fourth-order valence-corrected chi connectivity index (χ4v) is 2.05. The number of benzene rings is 2.